The highest BCUT2D eigenvalue weighted by Crippen LogP contribution is 2.28. The van der Waals surface area contributed by atoms with Gasteiger partial charge in [0, 0.05) is 18.7 Å². The Kier molecular flexibility index (Phi) is 5.90. The van der Waals surface area contributed by atoms with Gasteiger partial charge in [0.25, 0.3) is 5.91 Å². The average molecular weight is 324 g/mol. The second kappa shape index (κ2) is 7.89. The van der Waals surface area contributed by atoms with Crippen molar-refractivity contribution in [3.63, 3.8) is 0 Å². The Morgan fingerprint density at radius 2 is 2.13 bits per heavy atom. The van der Waals surface area contributed by atoms with Gasteiger partial charge in [0.2, 0.25) is 5.75 Å². The number of halogens is 1. The molecule has 0 radical (unpaired) electrons. The van der Waals surface area contributed by atoms with E-state index in [0.717, 1.165) is 31.0 Å². The molecule has 1 N–H and O–H groups in total. The summed E-state index contributed by atoms with van der Waals surface area (Å²) in [6.45, 7) is 2.07. The van der Waals surface area contributed by atoms with Crippen LogP contribution in [0.15, 0.2) is 18.2 Å². The molecule has 0 aromatic heterocycles. The molecule has 23 heavy (non-hydrogen) atoms. The molecule has 1 aromatic rings. The monoisotopic (exact) mass is 324 g/mol. The third-order valence-electron chi connectivity index (χ3n) is 4.08. The minimum atomic E-state index is -0.931. The Hall–Kier alpha value is -2.18. The Morgan fingerprint density at radius 1 is 1.43 bits per heavy atom. The fourth-order valence-corrected chi connectivity index (χ4v) is 2.76. The van der Waals surface area contributed by atoms with Gasteiger partial charge in [-0.1, -0.05) is 19.3 Å². The van der Waals surface area contributed by atoms with Gasteiger partial charge in [-0.25, -0.2) is 4.39 Å². The zero-order valence-corrected chi connectivity index (χ0v) is 13.1. The first-order chi connectivity index (χ1) is 11.0. The lowest BCUT2D eigenvalue weighted by Gasteiger charge is -2.22. The summed E-state index contributed by atoms with van der Waals surface area (Å²) in [5.74, 6) is -0.770. The third-order valence-corrected chi connectivity index (χ3v) is 4.08. The van der Waals surface area contributed by atoms with Crippen molar-refractivity contribution < 1.29 is 18.8 Å². The van der Waals surface area contributed by atoms with Gasteiger partial charge in [0.15, 0.2) is 6.10 Å². The lowest BCUT2D eigenvalue weighted by Crippen LogP contribution is -2.39. The number of hydrogen-bond acceptors (Lipinski definition) is 4. The first kappa shape index (κ1) is 17.2. The predicted octanol–water partition coefficient (Wildman–Crippen LogP) is 3.20. The maximum atomic E-state index is 13.2. The molecule has 0 spiro atoms. The van der Waals surface area contributed by atoms with E-state index in [1.165, 1.54) is 26.2 Å². The van der Waals surface area contributed by atoms with Gasteiger partial charge in [0.05, 0.1) is 4.92 Å². The molecule has 1 aromatic carbocycles. The van der Waals surface area contributed by atoms with Crippen LogP contribution < -0.4 is 10.1 Å². The highest BCUT2D eigenvalue weighted by Gasteiger charge is 2.22. The minimum absolute atomic E-state index is 0.240. The summed E-state index contributed by atoms with van der Waals surface area (Å²) in [7, 11) is 0. The number of nitro benzene ring substituents is 1. The summed E-state index contributed by atoms with van der Waals surface area (Å²) in [6.07, 6.45) is 4.88. The van der Waals surface area contributed by atoms with E-state index in [9.17, 15) is 19.3 Å². The van der Waals surface area contributed by atoms with Gasteiger partial charge in [-0.05, 0) is 31.7 Å². The number of benzene rings is 1. The zero-order chi connectivity index (χ0) is 16.8. The number of nitro groups is 1. The molecule has 6 nitrogen and oxygen atoms in total. The fourth-order valence-electron chi connectivity index (χ4n) is 2.76. The molecule has 1 amide bonds. The molecule has 2 rings (SSSR count). The maximum absolute atomic E-state index is 13.2. The van der Waals surface area contributed by atoms with E-state index in [1.54, 1.807) is 0 Å². The molecule has 0 saturated heterocycles. The Bertz CT molecular complexity index is 573. The van der Waals surface area contributed by atoms with Gasteiger partial charge in [-0.2, -0.15) is 0 Å². The van der Waals surface area contributed by atoms with E-state index in [2.05, 4.69) is 5.32 Å². The molecule has 126 valence electrons. The van der Waals surface area contributed by atoms with E-state index >= 15 is 0 Å². The molecule has 0 aliphatic heterocycles. The molecule has 1 atom stereocenters. The SMILES string of the molecule is C[C@H](Oc1cc(F)ccc1[N+](=O)[O-])C(=O)NCC1CCCCC1. The van der Waals surface area contributed by atoms with E-state index in [1.807, 2.05) is 0 Å². The first-order valence-electron chi connectivity index (χ1n) is 7.85. The van der Waals surface area contributed by atoms with Crippen LogP contribution in [0.4, 0.5) is 10.1 Å². The Labute approximate surface area is 134 Å². The number of nitrogens with zero attached hydrogens (tertiary/aromatic N) is 1. The number of nitrogens with one attached hydrogen (secondary N) is 1. The topological polar surface area (TPSA) is 81.5 Å². The summed E-state index contributed by atoms with van der Waals surface area (Å²) in [4.78, 5) is 22.3. The van der Waals surface area contributed by atoms with Crippen LogP contribution in [0.5, 0.6) is 5.75 Å². The molecule has 1 saturated carbocycles. The summed E-state index contributed by atoms with van der Waals surface area (Å²) in [5, 5.41) is 13.7. The second-order valence-electron chi connectivity index (χ2n) is 5.88. The molecule has 1 aliphatic rings. The largest absolute Gasteiger partial charge is 0.474 e. The fraction of sp³-hybridized carbons (Fsp3) is 0.562. The van der Waals surface area contributed by atoms with Gasteiger partial charge in [0.1, 0.15) is 5.82 Å². The van der Waals surface area contributed by atoms with Crippen molar-refractivity contribution in [3.8, 4) is 5.75 Å². The molecule has 7 heteroatoms. The van der Waals surface area contributed by atoms with Crippen LogP contribution in [0.2, 0.25) is 0 Å². The third kappa shape index (κ3) is 4.91. The van der Waals surface area contributed by atoms with Crippen LogP contribution in [0.1, 0.15) is 39.0 Å². The van der Waals surface area contributed by atoms with Crippen LogP contribution in [0, 0.1) is 21.8 Å². The molecular weight excluding hydrogens is 303 g/mol. The van der Waals surface area contributed by atoms with Crippen molar-refractivity contribution in [1.82, 2.24) is 5.32 Å². The quantitative estimate of drug-likeness (QED) is 0.643. The van der Waals surface area contributed by atoms with Crippen molar-refractivity contribution in [2.45, 2.75) is 45.1 Å². The molecule has 1 aliphatic carbocycles. The van der Waals surface area contributed by atoms with Crippen LogP contribution in [0.3, 0.4) is 0 Å². The van der Waals surface area contributed by atoms with Crippen LogP contribution in [-0.2, 0) is 4.79 Å². The molecule has 1 fully saturated rings. The summed E-state index contributed by atoms with van der Waals surface area (Å²) < 4.78 is 18.5. The second-order valence-corrected chi connectivity index (χ2v) is 5.88. The number of carbonyl (C=O) groups excluding carboxylic acids is 1. The van der Waals surface area contributed by atoms with Gasteiger partial charge in [-0.3, -0.25) is 14.9 Å². The molecule has 0 bridgehead atoms. The number of carbonyl (C=O) groups is 1. The van der Waals surface area contributed by atoms with Crippen LogP contribution in [-0.4, -0.2) is 23.5 Å². The van der Waals surface area contributed by atoms with Gasteiger partial charge < -0.3 is 10.1 Å². The number of rotatable bonds is 6. The Balaban J connectivity index is 1.92. The predicted molar refractivity (Wildman–Crippen MR) is 82.7 cm³/mol. The lowest BCUT2D eigenvalue weighted by molar-refractivity contribution is -0.386. The van der Waals surface area contributed by atoms with Gasteiger partial charge >= 0.3 is 5.69 Å². The highest BCUT2D eigenvalue weighted by atomic mass is 19.1. The number of ether oxygens (including phenoxy) is 1. The average Bonchev–Trinajstić information content (AvgIpc) is 2.53. The maximum Gasteiger partial charge on any atom is 0.311 e. The Morgan fingerprint density at radius 3 is 2.78 bits per heavy atom. The highest BCUT2D eigenvalue weighted by molar-refractivity contribution is 5.80. The molecule has 0 unspecified atom stereocenters. The summed E-state index contributed by atoms with van der Waals surface area (Å²) in [5.41, 5.74) is -0.363. The van der Waals surface area contributed by atoms with Crippen molar-refractivity contribution in [2.24, 2.45) is 5.92 Å². The number of hydrogen-bond donors (Lipinski definition) is 1. The smallest absolute Gasteiger partial charge is 0.311 e. The minimum Gasteiger partial charge on any atom is -0.474 e. The lowest BCUT2D eigenvalue weighted by atomic mass is 9.89. The normalized spacial score (nSPS) is 16.6. The van der Waals surface area contributed by atoms with E-state index < -0.39 is 16.8 Å². The van der Waals surface area contributed by atoms with E-state index in [-0.39, 0.29) is 17.3 Å². The summed E-state index contributed by atoms with van der Waals surface area (Å²) >= 11 is 0. The van der Waals surface area contributed by atoms with Crippen LogP contribution in [0.25, 0.3) is 0 Å². The van der Waals surface area contributed by atoms with Crippen LogP contribution >= 0.6 is 0 Å². The molecule has 0 heterocycles. The summed E-state index contributed by atoms with van der Waals surface area (Å²) in [6, 6.07) is 2.93. The van der Waals surface area contributed by atoms with Crippen molar-refractivity contribution >= 4 is 11.6 Å². The zero-order valence-electron chi connectivity index (χ0n) is 13.1. The van der Waals surface area contributed by atoms with E-state index in [4.69, 9.17) is 4.74 Å². The van der Waals surface area contributed by atoms with Gasteiger partial charge in [-0.15, -0.1) is 0 Å². The first-order valence-corrected chi connectivity index (χ1v) is 7.85. The van der Waals surface area contributed by atoms with Crippen molar-refractivity contribution in [2.75, 3.05) is 6.54 Å². The van der Waals surface area contributed by atoms with E-state index in [0.29, 0.717) is 12.5 Å². The number of amides is 1. The molecular formula is C16H21FN2O4. The van der Waals surface area contributed by atoms with Crippen molar-refractivity contribution in [3.05, 3.63) is 34.1 Å². The standard InChI is InChI=1S/C16H21FN2O4/c1-11(16(20)18-10-12-5-3-2-4-6-12)23-15-9-13(17)7-8-14(15)19(21)22/h7-9,11-12H,2-6,10H2,1H3,(H,18,20)/t11-/m0/s1. The van der Waals surface area contributed by atoms with Crippen molar-refractivity contribution in [1.29, 1.82) is 0 Å².